The quantitative estimate of drug-likeness (QED) is 0.872. The first-order chi connectivity index (χ1) is 8.79. The lowest BCUT2D eigenvalue weighted by Crippen LogP contribution is -2.25. The molecule has 1 aliphatic heterocycles. The van der Waals surface area contributed by atoms with Gasteiger partial charge >= 0.3 is 0 Å². The first-order valence-corrected chi connectivity index (χ1v) is 6.75. The van der Waals surface area contributed by atoms with Crippen molar-refractivity contribution < 1.29 is 9.47 Å². The summed E-state index contributed by atoms with van der Waals surface area (Å²) in [6.07, 6.45) is 6.36. The second kappa shape index (κ2) is 6.71. The van der Waals surface area contributed by atoms with Gasteiger partial charge in [0.1, 0.15) is 12.4 Å². The van der Waals surface area contributed by atoms with Crippen molar-refractivity contribution in [1.82, 2.24) is 4.98 Å². The van der Waals surface area contributed by atoms with Gasteiger partial charge in [0.15, 0.2) is 0 Å². The lowest BCUT2D eigenvalue weighted by molar-refractivity contribution is -0.0111. The fourth-order valence-corrected chi connectivity index (χ4v) is 2.03. The van der Waals surface area contributed by atoms with Gasteiger partial charge in [0, 0.05) is 12.6 Å². The Kier molecular flexibility index (Phi) is 4.96. The van der Waals surface area contributed by atoms with Gasteiger partial charge in [0.2, 0.25) is 0 Å². The number of aromatic nitrogens is 1. The maximum Gasteiger partial charge on any atom is 0.137 e. The number of rotatable bonds is 5. The minimum absolute atomic E-state index is 0.0146. The Hall–Kier alpha value is -1.13. The summed E-state index contributed by atoms with van der Waals surface area (Å²) in [6, 6.07) is 3.88. The highest BCUT2D eigenvalue weighted by atomic mass is 16.5. The molecule has 2 heterocycles. The molecule has 100 valence electrons. The topological polar surface area (TPSA) is 57.4 Å². The monoisotopic (exact) mass is 250 g/mol. The third kappa shape index (κ3) is 3.68. The van der Waals surface area contributed by atoms with Crippen molar-refractivity contribution in [2.24, 2.45) is 5.73 Å². The summed E-state index contributed by atoms with van der Waals surface area (Å²) in [5.41, 5.74) is 6.83. The Morgan fingerprint density at radius 2 is 2.39 bits per heavy atom. The molecular weight excluding hydrogens is 228 g/mol. The Balaban J connectivity index is 1.82. The summed E-state index contributed by atoms with van der Waals surface area (Å²) in [7, 11) is 0. The molecule has 2 N–H and O–H groups in total. The van der Waals surface area contributed by atoms with E-state index in [0.29, 0.717) is 6.61 Å². The van der Waals surface area contributed by atoms with Crippen molar-refractivity contribution >= 4 is 0 Å². The van der Waals surface area contributed by atoms with E-state index in [1.165, 1.54) is 12.8 Å². The third-order valence-electron chi connectivity index (χ3n) is 3.29. The van der Waals surface area contributed by atoms with Crippen LogP contribution in [0.2, 0.25) is 0 Å². The highest BCUT2D eigenvalue weighted by molar-refractivity contribution is 5.21. The summed E-state index contributed by atoms with van der Waals surface area (Å²) < 4.78 is 11.3. The molecule has 1 saturated heterocycles. The number of ether oxygens (including phenoxy) is 2. The van der Waals surface area contributed by atoms with Gasteiger partial charge in [-0.3, -0.25) is 4.98 Å². The summed E-state index contributed by atoms with van der Waals surface area (Å²) >= 11 is 0. The van der Waals surface area contributed by atoms with E-state index in [9.17, 15) is 0 Å². The first-order valence-electron chi connectivity index (χ1n) is 6.75. The first kappa shape index (κ1) is 13.3. The van der Waals surface area contributed by atoms with Gasteiger partial charge in [-0.2, -0.15) is 0 Å². The van der Waals surface area contributed by atoms with Crippen LogP contribution in [0, 0.1) is 0 Å². The summed E-state index contributed by atoms with van der Waals surface area (Å²) in [6.45, 7) is 3.52. The predicted octanol–water partition coefficient (Wildman–Crippen LogP) is 2.44. The number of nitrogens with two attached hydrogens (primary N) is 1. The molecule has 1 aliphatic rings. The SMILES string of the molecule is CC[C@H](N)c1ccc(OCC2CCCCO2)cn1. The van der Waals surface area contributed by atoms with E-state index in [1.54, 1.807) is 6.20 Å². The van der Waals surface area contributed by atoms with Gasteiger partial charge in [-0.1, -0.05) is 6.92 Å². The molecule has 1 aromatic rings. The van der Waals surface area contributed by atoms with E-state index in [4.69, 9.17) is 15.2 Å². The molecule has 0 bridgehead atoms. The van der Waals surface area contributed by atoms with Crippen LogP contribution >= 0.6 is 0 Å². The number of nitrogens with zero attached hydrogens (tertiary/aromatic N) is 1. The van der Waals surface area contributed by atoms with E-state index in [1.807, 2.05) is 12.1 Å². The molecule has 4 heteroatoms. The minimum Gasteiger partial charge on any atom is -0.489 e. The van der Waals surface area contributed by atoms with Gasteiger partial charge in [-0.25, -0.2) is 0 Å². The summed E-state index contributed by atoms with van der Waals surface area (Å²) in [4.78, 5) is 4.32. The smallest absolute Gasteiger partial charge is 0.137 e. The van der Waals surface area contributed by atoms with Gasteiger partial charge in [0.25, 0.3) is 0 Å². The van der Waals surface area contributed by atoms with Crippen LogP contribution in [-0.4, -0.2) is 24.3 Å². The Labute approximate surface area is 108 Å². The average Bonchev–Trinajstić information content (AvgIpc) is 2.46. The molecule has 0 amide bonds. The zero-order valence-corrected chi connectivity index (χ0v) is 11.0. The van der Waals surface area contributed by atoms with Crippen LogP contribution in [0.4, 0.5) is 0 Å². The van der Waals surface area contributed by atoms with Crippen LogP contribution in [-0.2, 0) is 4.74 Å². The number of pyridine rings is 1. The van der Waals surface area contributed by atoms with Crippen molar-refractivity contribution in [2.45, 2.75) is 44.8 Å². The Bertz CT molecular complexity index is 347. The van der Waals surface area contributed by atoms with E-state index in [-0.39, 0.29) is 12.1 Å². The van der Waals surface area contributed by atoms with Gasteiger partial charge < -0.3 is 15.2 Å². The molecule has 4 nitrogen and oxygen atoms in total. The lowest BCUT2D eigenvalue weighted by atomic mass is 10.1. The lowest BCUT2D eigenvalue weighted by Gasteiger charge is -2.22. The Morgan fingerprint density at radius 1 is 1.50 bits per heavy atom. The van der Waals surface area contributed by atoms with Gasteiger partial charge in [-0.15, -0.1) is 0 Å². The summed E-state index contributed by atoms with van der Waals surface area (Å²) in [5.74, 6) is 0.788. The van der Waals surface area contributed by atoms with Crippen LogP contribution in [0.25, 0.3) is 0 Å². The molecule has 0 spiro atoms. The van der Waals surface area contributed by atoms with Crippen molar-refractivity contribution in [3.05, 3.63) is 24.0 Å². The largest absolute Gasteiger partial charge is 0.489 e. The van der Waals surface area contributed by atoms with E-state index in [2.05, 4.69) is 11.9 Å². The molecular formula is C14H22N2O2. The Morgan fingerprint density at radius 3 is 3.00 bits per heavy atom. The third-order valence-corrected chi connectivity index (χ3v) is 3.29. The molecule has 0 aromatic carbocycles. The molecule has 2 rings (SSSR count). The van der Waals surface area contributed by atoms with Crippen molar-refractivity contribution in [3.63, 3.8) is 0 Å². The molecule has 0 aliphatic carbocycles. The normalized spacial score (nSPS) is 21.6. The van der Waals surface area contributed by atoms with E-state index >= 15 is 0 Å². The standard InChI is InChI=1S/C14H22N2O2/c1-2-13(15)14-7-6-11(9-16-14)18-10-12-5-3-4-8-17-12/h6-7,9,12-13H,2-5,8,10,15H2,1H3/t12?,13-/m0/s1. The fraction of sp³-hybridized carbons (Fsp3) is 0.643. The maximum absolute atomic E-state index is 5.91. The zero-order chi connectivity index (χ0) is 12.8. The molecule has 1 fully saturated rings. The number of hydrogen-bond donors (Lipinski definition) is 1. The molecule has 0 radical (unpaired) electrons. The second-order valence-corrected chi connectivity index (χ2v) is 4.73. The van der Waals surface area contributed by atoms with Crippen molar-refractivity contribution in [1.29, 1.82) is 0 Å². The zero-order valence-electron chi connectivity index (χ0n) is 11.0. The molecule has 1 aromatic heterocycles. The van der Waals surface area contributed by atoms with Crippen LogP contribution in [0.3, 0.4) is 0 Å². The molecule has 2 atom stereocenters. The highest BCUT2D eigenvalue weighted by Gasteiger charge is 2.14. The highest BCUT2D eigenvalue weighted by Crippen LogP contribution is 2.17. The second-order valence-electron chi connectivity index (χ2n) is 4.73. The molecule has 0 saturated carbocycles. The molecule has 18 heavy (non-hydrogen) atoms. The summed E-state index contributed by atoms with van der Waals surface area (Å²) in [5, 5.41) is 0. The van der Waals surface area contributed by atoms with E-state index < -0.39 is 0 Å². The maximum atomic E-state index is 5.91. The van der Waals surface area contributed by atoms with E-state index in [0.717, 1.165) is 30.9 Å². The minimum atomic E-state index is 0.0146. The predicted molar refractivity (Wildman–Crippen MR) is 70.5 cm³/mol. The van der Waals surface area contributed by atoms with Crippen LogP contribution < -0.4 is 10.5 Å². The van der Waals surface area contributed by atoms with Crippen molar-refractivity contribution in [2.75, 3.05) is 13.2 Å². The van der Waals surface area contributed by atoms with Crippen LogP contribution in [0.1, 0.15) is 44.3 Å². The number of hydrogen-bond acceptors (Lipinski definition) is 4. The fourth-order valence-electron chi connectivity index (χ4n) is 2.03. The van der Waals surface area contributed by atoms with Crippen LogP contribution in [0.5, 0.6) is 5.75 Å². The van der Waals surface area contributed by atoms with Crippen LogP contribution in [0.15, 0.2) is 18.3 Å². The van der Waals surface area contributed by atoms with Crippen molar-refractivity contribution in [3.8, 4) is 5.75 Å². The molecule has 1 unspecified atom stereocenters. The van der Waals surface area contributed by atoms with Gasteiger partial charge in [-0.05, 0) is 37.8 Å². The average molecular weight is 250 g/mol. The van der Waals surface area contributed by atoms with Gasteiger partial charge in [0.05, 0.1) is 18.0 Å².